The molecule has 0 radical (unpaired) electrons. The molecule has 0 unspecified atom stereocenters. The zero-order valence-electron chi connectivity index (χ0n) is 10.7. The largest absolute Gasteiger partial charge is 0.508 e. The summed E-state index contributed by atoms with van der Waals surface area (Å²) in [5.74, 6) is 0.419. The summed E-state index contributed by atoms with van der Waals surface area (Å²) in [6.45, 7) is 9.50. The van der Waals surface area contributed by atoms with Gasteiger partial charge in [0.05, 0.1) is 0 Å². The second kappa shape index (κ2) is 6.54. The lowest BCUT2D eigenvalue weighted by molar-refractivity contribution is 0.263. The standard InChI is InChI=1S/C14H23NO/c1-4-8-15(9-5-2)11-13-10-12(3)6-7-14(13)16/h6-7,10,16H,4-5,8-9,11H2,1-3H3. The van der Waals surface area contributed by atoms with Crippen LogP contribution in [0.3, 0.4) is 0 Å². The Morgan fingerprint density at radius 2 is 1.75 bits per heavy atom. The first kappa shape index (κ1) is 13.0. The van der Waals surface area contributed by atoms with Crippen LogP contribution in [0.15, 0.2) is 18.2 Å². The van der Waals surface area contributed by atoms with E-state index in [2.05, 4.69) is 31.7 Å². The Labute approximate surface area is 98.9 Å². The van der Waals surface area contributed by atoms with Crippen molar-refractivity contribution in [1.29, 1.82) is 0 Å². The molecule has 1 aromatic carbocycles. The molecule has 0 atom stereocenters. The smallest absolute Gasteiger partial charge is 0.120 e. The highest BCUT2D eigenvalue weighted by Gasteiger charge is 2.07. The first-order valence-electron chi connectivity index (χ1n) is 6.18. The highest BCUT2D eigenvalue weighted by Crippen LogP contribution is 2.20. The molecule has 0 spiro atoms. The molecule has 2 nitrogen and oxygen atoms in total. The molecule has 0 fully saturated rings. The number of benzene rings is 1. The van der Waals surface area contributed by atoms with E-state index in [1.165, 1.54) is 5.56 Å². The monoisotopic (exact) mass is 221 g/mol. The van der Waals surface area contributed by atoms with E-state index in [-0.39, 0.29) is 0 Å². The van der Waals surface area contributed by atoms with Crippen LogP contribution in [0.5, 0.6) is 5.75 Å². The molecule has 2 heteroatoms. The van der Waals surface area contributed by atoms with Crippen LogP contribution in [0.1, 0.15) is 37.8 Å². The average Bonchev–Trinajstić information content (AvgIpc) is 2.24. The molecule has 0 heterocycles. The van der Waals surface area contributed by atoms with Crippen molar-refractivity contribution >= 4 is 0 Å². The van der Waals surface area contributed by atoms with Crippen LogP contribution in [-0.4, -0.2) is 23.1 Å². The quantitative estimate of drug-likeness (QED) is 0.796. The molecule has 1 aromatic rings. The molecular weight excluding hydrogens is 198 g/mol. The van der Waals surface area contributed by atoms with Crippen molar-refractivity contribution in [1.82, 2.24) is 4.90 Å². The van der Waals surface area contributed by atoms with Crippen LogP contribution < -0.4 is 0 Å². The van der Waals surface area contributed by atoms with Crippen LogP contribution in [0.4, 0.5) is 0 Å². The summed E-state index contributed by atoms with van der Waals surface area (Å²) in [5.41, 5.74) is 2.25. The number of aryl methyl sites for hydroxylation is 1. The van der Waals surface area contributed by atoms with Gasteiger partial charge >= 0.3 is 0 Å². The Kier molecular flexibility index (Phi) is 5.33. The van der Waals surface area contributed by atoms with E-state index in [9.17, 15) is 5.11 Å². The number of hydrogen-bond donors (Lipinski definition) is 1. The molecule has 0 bridgehead atoms. The highest BCUT2D eigenvalue weighted by atomic mass is 16.3. The molecule has 0 amide bonds. The topological polar surface area (TPSA) is 23.5 Å². The van der Waals surface area contributed by atoms with Crippen molar-refractivity contribution in [3.8, 4) is 5.75 Å². The molecule has 0 aliphatic heterocycles. The van der Waals surface area contributed by atoms with Gasteiger partial charge in [-0.1, -0.05) is 31.5 Å². The van der Waals surface area contributed by atoms with E-state index >= 15 is 0 Å². The Bertz CT molecular complexity index is 317. The molecule has 0 aromatic heterocycles. The van der Waals surface area contributed by atoms with Crippen molar-refractivity contribution in [2.75, 3.05) is 13.1 Å². The number of rotatable bonds is 6. The molecule has 1 N–H and O–H groups in total. The second-order valence-corrected chi connectivity index (χ2v) is 4.41. The fourth-order valence-corrected chi connectivity index (χ4v) is 1.98. The minimum atomic E-state index is 0.419. The molecule has 90 valence electrons. The number of phenolic OH excluding ortho intramolecular Hbond substituents is 1. The zero-order chi connectivity index (χ0) is 12.0. The fourth-order valence-electron chi connectivity index (χ4n) is 1.98. The van der Waals surface area contributed by atoms with Gasteiger partial charge in [0.1, 0.15) is 5.75 Å². The third-order valence-electron chi connectivity index (χ3n) is 2.71. The number of phenols is 1. The first-order chi connectivity index (χ1) is 7.67. The lowest BCUT2D eigenvalue weighted by atomic mass is 10.1. The van der Waals surface area contributed by atoms with Gasteiger partial charge in [-0.2, -0.15) is 0 Å². The Morgan fingerprint density at radius 3 is 2.31 bits per heavy atom. The Hall–Kier alpha value is -1.02. The van der Waals surface area contributed by atoms with Crippen LogP contribution in [-0.2, 0) is 6.54 Å². The summed E-state index contributed by atoms with van der Waals surface area (Å²) in [5, 5.41) is 9.79. The van der Waals surface area contributed by atoms with Gasteiger partial charge in [0.25, 0.3) is 0 Å². The predicted octanol–water partition coefficient (Wildman–Crippen LogP) is 3.32. The maximum absolute atomic E-state index is 9.79. The highest BCUT2D eigenvalue weighted by molar-refractivity contribution is 5.35. The zero-order valence-corrected chi connectivity index (χ0v) is 10.7. The van der Waals surface area contributed by atoms with Gasteiger partial charge < -0.3 is 5.11 Å². The molecule has 0 saturated carbocycles. The van der Waals surface area contributed by atoms with E-state index in [0.717, 1.165) is 38.0 Å². The predicted molar refractivity (Wildman–Crippen MR) is 68.7 cm³/mol. The third kappa shape index (κ3) is 3.86. The van der Waals surface area contributed by atoms with Crippen LogP contribution in [0.2, 0.25) is 0 Å². The maximum atomic E-state index is 9.79. The summed E-state index contributed by atoms with van der Waals surface area (Å²) in [6.07, 6.45) is 2.32. The minimum absolute atomic E-state index is 0.419. The molecule has 0 aliphatic rings. The lowest BCUT2D eigenvalue weighted by Gasteiger charge is -2.21. The van der Waals surface area contributed by atoms with Gasteiger partial charge in [0.2, 0.25) is 0 Å². The van der Waals surface area contributed by atoms with Gasteiger partial charge in [-0.25, -0.2) is 0 Å². The first-order valence-corrected chi connectivity index (χ1v) is 6.18. The van der Waals surface area contributed by atoms with Gasteiger partial charge in [-0.05, 0) is 38.9 Å². The normalized spacial score (nSPS) is 11.0. The van der Waals surface area contributed by atoms with E-state index in [4.69, 9.17) is 0 Å². The lowest BCUT2D eigenvalue weighted by Crippen LogP contribution is -2.24. The van der Waals surface area contributed by atoms with Gasteiger partial charge in [0, 0.05) is 12.1 Å². The van der Waals surface area contributed by atoms with Crippen molar-refractivity contribution in [2.24, 2.45) is 0 Å². The summed E-state index contributed by atoms with van der Waals surface area (Å²) >= 11 is 0. The SMILES string of the molecule is CCCN(CCC)Cc1cc(C)ccc1O. The fraction of sp³-hybridized carbons (Fsp3) is 0.571. The summed E-state index contributed by atoms with van der Waals surface area (Å²) in [4.78, 5) is 2.40. The summed E-state index contributed by atoms with van der Waals surface area (Å²) in [6, 6.07) is 5.82. The summed E-state index contributed by atoms with van der Waals surface area (Å²) < 4.78 is 0. The van der Waals surface area contributed by atoms with Gasteiger partial charge in [0.15, 0.2) is 0 Å². The van der Waals surface area contributed by atoms with Crippen LogP contribution in [0, 0.1) is 6.92 Å². The van der Waals surface area contributed by atoms with Crippen molar-refractivity contribution in [2.45, 2.75) is 40.2 Å². The second-order valence-electron chi connectivity index (χ2n) is 4.41. The van der Waals surface area contributed by atoms with E-state index in [1.807, 2.05) is 6.07 Å². The van der Waals surface area contributed by atoms with Crippen molar-refractivity contribution in [3.05, 3.63) is 29.3 Å². The molecule has 0 aliphatic carbocycles. The van der Waals surface area contributed by atoms with Gasteiger partial charge in [-0.3, -0.25) is 4.90 Å². The number of hydrogen-bond acceptors (Lipinski definition) is 2. The minimum Gasteiger partial charge on any atom is -0.508 e. The van der Waals surface area contributed by atoms with Crippen LogP contribution >= 0.6 is 0 Å². The van der Waals surface area contributed by atoms with Crippen molar-refractivity contribution < 1.29 is 5.11 Å². The van der Waals surface area contributed by atoms with Crippen LogP contribution in [0.25, 0.3) is 0 Å². The molecule has 16 heavy (non-hydrogen) atoms. The number of aromatic hydroxyl groups is 1. The molecule has 0 saturated heterocycles. The average molecular weight is 221 g/mol. The Balaban J connectivity index is 2.71. The third-order valence-corrected chi connectivity index (χ3v) is 2.71. The van der Waals surface area contributed by atoms with Crippen molar-refractivity contribution in [3.63, 3.8) is 0 Å². The van der Waals surface area contributed by atoms with E-state index in [1.54, 1.807) is 6.07 Å². The Morgan fingerprint density at radius 1 is 1.12 bits per heavy atom. The molecule has 1 rings (SSSR count). The van der Waals surface area contributed by atoms with Gasteiger partial charge in [-0.15, -0.1) is 0 Å². The maximum Gasteiger partial charge on any atom is 0.120 e. The summed E-state index contributed by atoms with van der Waals surface area (Å²) in [7, 11) is 0. The number of nitrogens with zero attached hydrogens (tertiary/aromatic N) is 1. The van der Waals surface area contributed by atoms with E-state index in [0.29, 0.717) is 5.75 Å². The van der Waals surface area contributed by atoms with E-state index < -0.39 is 0 Å². The molecular formula is C14H23NO.